The fraction of sp³-hybridized carbons (Fsp3) is 0.500. The van der Waals surface area contributed by atoms with Crippen LogP contribution in [0.25, 0.3) is 0 Å². The lowest BCUT2D eigenvalue weighted by Gasteiger charge is -2.29. The first-order chi connectivity index (χ1) is 8.43. The minimum absolute atomic E-state index is 0.0655. The van der Waals surface area contributed by atoms with E-state index in [1.165, 1.54) is 4.90 Å². The predicted octanol–water partition coefficient (Wildman–Crippen LogP) is 0.528. The molecule has 1 aromatic carbocycles. The maximum atomic E-state index is 12.5. The number of aliphatic hydroxyl groups is 2. The van der Waals surface area contributed by atoms with Gasteiger partial charge in [-0.1, -0.05) is 30.3 Å². The monoisotopic (exact) mass is 249 g/mol. The summed E-state index contributed by atoms with van der Waals surface area (Å²) in [7, 11) is 0. The maximum absolute atomic E-state index is 12.5. The molecule has 2 rings (SSSR count). The quantitative estimate of drug-likeness (QED) is 0.803. The van der Waals surface area contributed by atoms with E-state index in [1.807, 2.05) is 44.2 Å². The Morgan fingerprint density at radius 3 is 2.17 bits per heavy atom. The van der Waals surface area contributed by atoms with Crippen LogP contribution in [0.3, 0.4) is 0 Å². The zero-order valence-corrected chi connectivity index (χ0v) is 10.7. The van der Waals surface area contributed by atoms with Crippen molar-refractivity contribution in [3.05, 3.63) is 35.9 Å². The van der Waals surface area contributed by atoms with Gasteiger partial charge in [-0.3, -0.25) is 4.79 Å². The average molecular weight is 249 g/mol. The highest BCUT2D eigenvalue weighted by atomic mass is 16.3. The van der Waals surface area contributed by atoms with Crippen LogP contribution in [-0.2, 0) is 10.2 Å². The molecule has 1 aliphatic rings. The third-order valence-electron chi connectivity index (χ3n) is 3.58. The van der Waals surface area contributed by atoms with E-state index in [9.17, 15) is 15.0 Å². The van der Waals surface area contributed by atoms with Crippen LogP contribution in [-0.4, -0.2) is 46.3 Å². The summed E-state index contributed by atoms with van der Waals surface area (Å²) in [6.07, 6.45) is -1.67. The molecule has 2 atom stereocenters. The second kappa shape index (κ2) is 4.71. The van der Waals surface area contributed by atoms with E-state index in [0.717, 1.165) is 5.56 Å². The number of rotatable bonds is 2. The van der Waals surface area contributed by atoms with Crippen molar-refractivity contribution in [2.75, 3.05) is 13.1 Å². The molecule has 4 nitrogen and oxygen atoms in total. The van der Waals surface area contributed by atoms with Crippen LogP contribution in [0.4, 0.5) is 0 Å². The van der Waals surface area contributed by atoms with Gasteiger partial charge in [-0.25, -0.2) is 0 Å². The number of carbonyl (C=O) groups excluding carboxylic acids is 1. The van der Waals surface area contributed by atoms with Crippen LogP contribution < -0.4 is 0 Å². The highest BCUT2D eigenvalue weighted by molar-refractivity contribution is 5.87. The van der Waals surface area contributed by atoms with E-state index >= 15 is 0 Å². The number of hydrogen-bond acceptors (Lipinski definition) is 3. The van der Waals surface area contributed by atoms with Gasteiger partial charge in [0, 0.05) is 13.1 Å². The van der Waals surface area contributed by atoms with E-state index in [-0.39, 0.29) is 19.0 Å². The minimum Gasteiger partial charge on any atom is -0.388 e. The van der Waals surface area contributed by atoms with E-state index in [1.54, 1.807) is 0 Å². The molecule has 0 spiro atoms. The Bertz CT molecular complexity index is 420. The van der Waals surface area contributed by atoms with Gasteiger partial charge in [0.15, 0.2) is 0 Å². The van der Waals surface area contributed by atoms with Crippen LogP contribution in [0.15, 0.2) is 30.3 Å². The number of aliphatic hydroxyl groups excluding tert-OH is 2. The van der Waals surface area contributed by atoms with Crippen molar-refractivity contribution in [1.29, 1.82) is 0 Å². The second-order valence-electron chi connectivity index (χ2n) is 5.34. The lowest BCUT2D eigenvalue weighted by Crippen LogP contribution is -2.42. The second-order valence-corrected chi connectivity index (χ2v) is 5.34. The summed E-state index contributed by atoms with van der Waals surface area (Å²) in [4.78, 5) is 14.0. The first-order valence-electron chi connectivity index (χ1n) is 6.14. The zero-order chi connectivity index (χ0) is 13.3. The molecule has 1 aromatic rings. The molecular formula is C14H19NO3. The number of likely N-dealkylation sites (tertiary alicyclic amines) is 1. The number of β-amino-alcohol motifs (C(OH)–C–C–N with tert-alkyl or cyclic N) is 2. The van der Waals surface area contributed by atoms with Gasteiger partial charge in [0.2, 0.25) is 5.91 Å². The van der Waals surface area contributed by atoms with Crippen LogP contribution in [0.1, 0.15) is 19.4 Å². The number of carbonyl (C=O) groups is 1. The highest BCUT2D eigenvalue weighted by Gasteiger charge is 2.39. The topological polar surface area (TPSA) is 60.8 Å². The molecular weight excluding hydrogens is 230 g/mol. The van der Waals surface area contributed by atoms with Crippen molar-refractivity contribution >= 4 is 5.91 Å². The lowest BCUT2D eigenvalue weighted by atomic mass is 9.83. The molecule has 4 heteroatoms. The largest absolute Gasteiger partial charge is 0.388 e. The van der Waals surface area contributed by atoms with Gasteiger partial charge in [0.05, 0.1) is 17.6 Å². The summed E-state index contributed by atoms with van der Waals surface area (Å²) >= 11 is 0. The standard InChI is InChI=1S/C14H19NO3/c1-14(2,10-6-4-3-5-7-10)13(18)15-8-11(16)12(17)9-15/h3-7,11-12,16-17H,8-9H2,1-2H3. The summed E-state index contributed by atoms with van der Waals surface area (Å²) in [6.45, 7) is 4.13. The summed E-state index contributed by atoms with van der Waals surface area (Å²) < 4.78 is 0. The van der Waals surface area contributed by atoms with Crippen molar-refractivity contribution in [1.82, 2.24) is 4.90 Å². The van der Waals surface area contributed by atoms with E-state index in [2.05, 4.69) is 0 Å². The van der Waals surface area contributed by atoms with Gasteiger partial charge < -0.3 is 15.1 Å². The summed E-state index contributed by atoms with van der Waals surface area (Å²) in [5, 5.41) is 19.0. The Morgan fingerprint density at radius 2 is 1.67 bits per heavy atom. The molecule has 0 bridgehead atoms. The molecule has 2 N–H and O–H groups in total. The molecule has 18 heavy (non-hydrogen) atoms. The summed E-state index contributed by atoms with van der Waals surface area (Å²) in [5.74, 6) is -0.0655. The van der Waals surface area contributed by atoms with Crippen molar-refractivity contribution in [2.45, 2.75) is 31.5 Å². The molecule has 0 radical (unpaired) electrons. The minimum atomic E-state index is -0.833. The van der Waals surface area contributed by atoms with Crippen LogP contribution in [0, 0.1) is 0 Å². The Kier molecular flexibility index (Phi) is 3.41. The lowest BCUT2D eigenvalue weighted by molar-refractivity contribution is -0.135. The molecule has 1 aliphatic heterocycles. The SMILES string of the molecule is CC(C)(C(=O)N1CC(O)C(O)C1)c1ccccc1. The molecule has 1 amide bonds. The fourth-order valence-corrected chi connectivity index (χ4v) is 2.31. The highest BCUT2D eigenvalue weighted by Crippen LogP contribution is 2.27. The average Bonchev–Trinajstić information content (AvgIpc) is 2.69. The summed E-state index contributed by atoms with van der Waals surface area (Å²) in [5.41, 5.74) is 0.288. The van der Waals surface area contributed by atoms with Crippen LogP contribution in [0.5, 0.6) is 0 Å². The molecule has 0 saturated carbocycles. The first kappa shape index (κ1) is 13.1. The molecule has 1 saturated heterocycles. The van der Waals surface area contributed by atoms with Crippen molar-refractivity contribution in [3.8, 4) is 0 Å². The maximum Gasteiger partial charge on any atom is 0.232 e. The molecule has 1 heterocycles. The number of hydrogen-bond donors (Lipinski definition) is 2. The third kappa shape index (κ3) is 2.26. The van der Waals surface area contributed by atoms with Crippen molar-refractivity contribution in [2.24, 2.45) is 0 Å². The Hall–Kier alpha value is -1.39. The number of nitrogens with zero attached hydrogens (tertiary/aromatic N) is 1. The van der Waals surface area contributed by atoms with Crippen LogP contribution in [0.2, 0.25) is 0 Å². The van der Waals surface area contributed by atoms with Crippen molar-refractivity contribution < 1.29 is 15.0 Å². The molecule has 98 valence electrons. The van der Waals surface area contributed by atoms with E-state index in [0.29, 0.717) is 0 Å². The van der Waals surface area contributed by atoms with Gasteiger partial charge >= 0.3 is 0 Å². The Balaban J connectivity index is 2.18. The zero-order valence-electron chi connectivity index (χ0n) is 10.7. The van der Waals surface area contributed by atoms with Gasteiger partial charge in [0.1, 0.15) is 0 Å². The molecule has 1 fully saturated rings. The van der Waals surface area contributed by atoms with Gasteiger partial charge in [0.25, 0.3) is 0 Å². The first-order valence-corrected chi connectivity index (χ1v) is 6.14. The smallest absolute Gasteiger partial charge is 0.232 e. The molecule has 0 aromatic heterocycles. The normalized spacial score (nSPS) is 24.3. The number of amides is 1. The molecule has 0 aliphatic carbocycles. The summed E-state index contributed by atoms with van der Waals surface area (Å²) in [6, 6.07) is 9.55. The van der Waals surface area contributed by atoms with Gasteiger partial charge in [-0.15, -0.1) is 0 Å². The predicted molar refractivity (Wildman–Crippen MR) is 68.1 cm³/mol. The van der Waals surface area contributed by atoms with Gasteiger partial charge in [-0.2, -0.15) is 0 Å². The Morgan fingerprint density at radius 1 is 1.17 bits per heavy atom. The van der Waals surface area contributed by atoms with Crippen molar-refractivity contribution in [3.63, 3.8) is 0 Å². The van der Waals surface area contributed by atoms with Crippen LogP contribution >= 0.6 is 0 Å². The van der Waals surface area contributed by atoms with E-state index < -0.39 is 17.6 Å². The number of benzene rings is 1. The molecule has 2 unspecified atom stereocenters. The van der Waals surface area contributed by atoms with E-state index in [4.69, 9.17) is 0 Å². The fourth-order valence-electron chi connectivity index (χ4n) is 2.31. The Labute approximate surface area is 107 Å². The van der Waals surface area contributed by atoms with Gasteiger partial charge in [-0.05, 0) is 19.4 Å². The third-order valence-corrected chi connectivity index (χ3v) is 3.58.